The number of Topliss-reactive ketones (excluding diaryl/α,β-unsaturated/α-hetero) is 1. The minimum atomic E-state index is 0.151. The van der Waals surface area contributed by atoms with Gasteiger partial charge in [0.15, 0.2) is 5.78 Å². The first-order valence-corrected chi connectivity index (χ1v) is 6.61. The minimum Gasteiger partial charge on any atom is -0.395 e. The number of ketones is 1. The molecule has 0 unspecified atom stereocenters. The third kappa shape index (κ3) is 4.59. The number of aryl methyl sites for hydroxylation is 1. The van der Waals surface area contributed by atoms with Crippen LogP contribution in [-0.4, -0.2) is 42.0 Å². The Morgan fingerprint density at radius 1 is 1.22 bits per heavy atom. The van der Waals surface area contributed by atoms with Crippen LogP contribution < -0.4 is 0 Å². The van der Waals surface area contributed by atoms with Crippen molar-refractivity contribution in [3.63, 3.8) is 0 Å². The topological polar surface area (TPSA) is 40.5 Å². The molecule has 0 fully saturated rings. The molecular formula is C15H23NO2. The van der Waals surface area contributed by atoms with Crippen molar-refractivity contribution < 1.29 is 9.90 Å². The van der Waals surface area contributed by atoms with Crippen molar-refractivity contribution in [1.82, 2.24) is 4.90 Å². The zero-order valence-electron chi connectivity index (χ0n) is 11.4. The summed E-state index contributed by atoms with van der Waals surface area (Å²) in [6.45, 7) is 6.52. The highest BCUT2D eigenvalue weighted by molar-refractivity contribution is 5.97. The zero-order valence-corrected chi connectivity index (χ0v) is 11.4. The monoisotopic (exact) mass is 249 g/mol. The van der Waals surface area contributed by atoms with Crippen LogP contribution in [0.3, 0.4) is 0 Å². The SMILES string of the molecule is CCCN(CCO)CCC(=O)c1ccccc1C. The lowest BCUT2D eigenvalue weighted by molar-refractivity contribution is 0.0956. The average Bonchev–Trinajstić information content (AvgIpc) is 2.36. The van der Waals surface area contributed by atoms with E-state index in [0.29, 0.717) is 13.0 Å². The molecule has 1 aromatic carbocycles. The van der Waals surface area contributed by atoms with Gasteiger partial charge in [0.1, 0.15) is 0 Å². The van der Waals surface area contributed by atoms with Crippen LogP contribution in [0.15, 0.2) is 24.3 Å². The van der Waals surface area contributed by atoms with Gasteiger partial charge in [-0.1, -0.05) is 31.2 Å². The Balaban J connectivity index is 2.52. The fourth-order valence-corrected chi connectivity index (χ4v) is 2.07. The molecule has 0 aliphatic heterocycles. The second-order valence-electron chi connectivity index (χ2n) is 4.55. The molecule has 3 nitrogen and oxygen atoms in total. The normalized spacial score (nSPS) is 10.9. The number of carbonyl (C=O) groups is 1. The summed E-state index contributed by atoms with van der Waals surface area (Å²) in [4.78, 5) is 14.2. The lowest BCUT2D eigenvalue weighted by atomic mass is 10.0. The van der Waals surface area contributed by atoms with Crippen molar-refractivity contribution in [2.45, 2.75) is 26.7 Å². The number of rotatable bonds is 8. The first-order valence-electron chi connectivity index (χ1n) is 6.61. The minimum absolute atomic E-state index is 0.151. The summed E-state index contributed by atoms with van der Waals surface area (Å²) in [5.41, 5.74) is 1.85. The van der Waals surface area contributed by atoms with Crippen LogP contribution in [0, 0.1) is 6.92 Å². The van der Waals surface area contributed by atoms with E-state index in [1.54, 1.807) is 0 Å². The van der Waals surface area contributed by atoms with E-state index in [9.17, 15) is 4.79 Å². The van der Waals surface area contributed by atoms with E-state index < -0.39 is 0 Å². The molecule has 0 radical (unpaired) electrons. The largest absolute Gasteiger partial charge is 0.395 e. The Morgan fingerprint density at radius 2 is 1.94 bits per heavy atom. The Kier molecular flexibility index (Phi) is 6.61. The summed E-state index contributed by atoms with van der Waals surface area (Å²) in [5, 5.41) is 8.96. The number of hydrogen-bond donors (Lipinski definition) is 1. The quantitative estimate of drug-likeness (QED) is 0.719. The highest BCUT2D eigenvalue weighted by Crippen LogP contribution is 2.10. The van der Waals surface area contributed by atoms with Crippen molar-refractivity contribution in [3.8, 4) is 0 Å². The summed E-state index contributed by atoms with van der Waals surface area (Å²) >= 11 is 0. The van der Waals surface area contributed by atoms with Crippen LogP contribution in [0.2, 0.25) is 0 Å². The Bertz CT molecular complexity index is 371. The van der Waals surface area contributed by atoms with Crippen molar-refractivity contribution in [2.24, 2.45) is 0 Å². The molecule has 18 heavy (non-hydrogen) atoms. The van der Waals surface area contributed by atoms with Gasteiger partial charge in [-0.3, -0.25) is 4.79 Å². The summed E-state index contributed by atoms with van der Waals surface area (Å²) in [7, 11) is 0. The van der Waals surface area contributed by atoms with Gasteiger partial charge in [-0.05, 0) is 25.5 Å². The van der Waals surface area contributed by atoms with Gasteiger partial charge >= 0.3 is 0 Å². The molecule has 0 saturated heterocycles. The van der Waals surface area contributed by atoms with Crippen molar-refractivity contribution in [2.75, 3.05) is 26.2 Å². The third-order valence-electron chi connectivity index (χ3n) is 3.06. The van der Waals surface area contributed by atoms with Crippen molar-refractivity contribution in [1.29, 1.82) is 0 Å². The maximum Gasteiger partial charge on any atom is 0.164 e. The summed E-state index contributed by atoms with van der Waals surface area (Å²) in [5.74, 6) is 0.187. The Labute approximate surface area is 109 Å². The number of aliphatic hydroxyl groups excluding tert-OH is 1. The molecule has 100 valence electrons. The lowest BCUT2D eigenvalue weighted by Crippen LogP contribution is -2.30. The second-order valence-corrected chi connectivity index (χ2v) is 4.55. The molecular weight excluding hydrogens is 226 g/mol. The van der Waals surface area contributed by atoms with E-state index in [-0.39, 0.29) is 12.4 Å². The van der Waals surface area contributed by atoms with E-state index >= 15 is 0 Å². The Hall–Kier alpha value is -1.19. The molecule has 1 aromatic rings. The van der Waals surface area contributed by atoms with E-state index in [1.807, 2.05) is 31.2 Å². The van der Waals surface area contributed by atoms with E-state index in [0.717, 1.165) is 30.6 Å². The van der Waals surface area contributed by atoms with Crippen LogP contribution in [0.4, 0.5) is 0 Å². The van der Waals surface area contributed by atoms with Gasteiger partial charge in [-0.2, -0.15) is 0 Å². The highest BCUT2D eigenvalue weighted by atomic mass is 16.3. The number of nitrogens with zero attached hydrogens (tertiary/aromatic N) is 1. The zero-order chi connectivity index (χ0) is 13.4. The number of carbonyl (C=O) groups excluding carboxylic acids is 1. The van der Waals surface area contributed by atoms with Crippen molar-refractivity contribution >= 4 is 5.78 Å². The highest BCUT2D eigenvalue weighted by Gasteiger charge is 2.10. The van der Waals surface area contributed by atoms with Gasteiger partial charge in [-0.15, -0.1) is 0 Å². The number of hydrogen-bond acceptors (Lipinski definition) is 3. The average molecular weight is 249 g/mol. The van der Waals surface area contributed by atoms with Gasteiger partial charge in [0.05, 0.1) is 6.61 Å². The smallest absolute Gasteiger partial charge is 0.164 e. The van der Waals surface area contributed by atoms with Crippen molar-refractivity contribution in [3.05, 3.63) is 35.4 Å². The van der Waals surface area contributed by atoms with E-state index in [4.69, 9.17) is 5.11 Å². The summed E-state index contributed by atoms with van der Waals surface area (Å²) in [6, 6.07) is 7.69. The van der Waals surface area contributed by atoms with E-state index in [2.05, 4.69) is 11.8 Å². The van der Waals surface area contributed by atoms with Gasteiger partial charge in [0.2, 0.25) is 0 Å². The molecule has 1 rings (SSSR count). The predicted octanol–water partition coefficient (Wildman–Crippen LogP) is 2.27. The fourth-order valence-electron chi connectivity index (χ4n) is 2.07. The number of aliphatic hydroxyl groups is 1. The standard InChI is InChI=1S/C15H23NO2/c1-3-9-16(11-12-17)10-8-15(18)14-7-5-4-6-13(14)2/h4-7,17H,3,8-12H2,1-2H3. The molecule has 1 N–H and O–H groups in total. The first-order chi connectivity index (χ1) is 8.69. The summed E-state index contributed by atoms with van der Waals surface area (Å²) < 4.78 is 0. The number of benzene rings is 1. The van der Waals surface area contributed by atoms with Gasteiger partial charge < -0.3 is 10.0 Å². The van der Waals surface area contributed by atoms with Crippen LogP contribution in [-0.2, 0) is 0 Å². The van der Waals surface area contributed by atoms with Gasteiger partial charge in [-0.25, -0.2) is 0 Å². The lowest BCUT2D eigenvalue weighted by Gasteiger charge is -2.20. The molecule has 0 saturated carbocycles. The third-order valence-corrected chi connectivity index (χ3v) is 3.06. The van der Waals surface area contributed by atoms with Crippen LogP contribution in [0.5, 0.6) is 0 Å². The maximum atomic E-state index is 12.1. The molecule has 3 heteroatoms. The van der Waals surface area contributed by atoms with Crippen LogP contribution >= 0.6 is 0 Å². The van der Waals surface area contributed by atoms with Gasteiger partial charge in [0, 0.05) is 25.1 Å². The molecule has 0 amide bonds. The van der Waals surface area contributed by atoms with E-state index in [1.165, 1.54) is 0 Å². The molecule has 0 spiro atoms. The van der Waals surface area contributed by atoms with Gasteiger partial charge in [0.25, 0.3) is 0 Å². The molecule has 0 heterocycles. The Morgan fingerprint density at radius 3 is 2.56 bits per heavy atom. The van der Waals surface area contributed by atoms with Crippen LogP contribution in [0.1, 0.15) is 35.7 Å². The molecule has 0 atom stereocenters. The van der Waals surface area contributed by atoms with Crippen LogP contribution in [0.25, 0.3) is 0 Å². The first kappa shape index (κ1) is 14.9. The molecule has 0 aromatic heterocycles. The predicted molar refractivity (Wildman–Crippen MR) is 73.9 cm³/mol. The molecule has 0 aliphatic carbocycles. The molecule has 0 bridgehead atoms. The second kappa shape index (κ2) is 8.01. The summed E-state index contributed by atoms with van der Waals surface area (Å²) in [6.07, 6.45) is 1.56. The maximum absolute atomic E-state index is 12.1. The fraction of sp³-hybridized carbons (Fsp3) is 0.533. The molecule has 0 aliphatic rings.